The van der Waals surface area contributed by atoms with Crippen molar-refractivity contribution in [1.82, 2.24) is 10.6 Å². The summed E-state index contributed by atoms with van der Waals surface area (Å²) in [6.45, 7) is 1.45. The predicted molar refractivity (Wildman–Crippen MR) is 113 cm³/mol. The van der Waals surface area contributed by atoms with Gasteiger partial charge in [0.25, 0.3) is 17.5 Å². The van der Waals surface area contributed by atoms with E-state index in [1.165, 1.54) is 23.8 Å². The molecule has 2 saturated heterocycles. The highest BCUT2D eigenvalue weighted by Crippen LogP contribution is 2.34. The third kappa shape index (κ3) is 4.30. The molecule has 2 fully saturated rings. The van der Waals surface area contributed by atoms with Gasteiger partial charge < -0.3 is 4.90 Å². The van der Waals surface area contributed by atoms with Crippen LogP contribution in [-0.4, -0.2) is 35.9 Å². The van der Waals surface area contributed by atoms with Crippen LogP contribution in [0.4, 0.5) is 16.2 Å². The number of carbonyl (C=O) groups is 3. The summed E-state index contributed by atoms with van der Waals surface area (Å²) < 4.78 is 0. The Hall–Kier alpha value is -4.01. The van der Waals surface area contributed by atoms with E-state index in [2.05, 4.69) is 17.0 Å². The quantitative estimate of drug-likeness (QED) is 0.339. The monoisotopic (exact) mass is 420 g/mol. The number of amides is 4. The maximum atomic E-state index is 12.1. The van der Waals surface area contributed by atoms with Crippen LogP contribution in [0.5, 0.6) is 0 Å². The van der Waals surface area contributed by atoms with Crippen molar-refractivity contribution in [3.63, 3.8) is 0 Å². The standard InChI is InChI=1S/C22H20N4O5/c27-20-18(21(28)24-22(29)23-20)13-16-12-17(26(30)31)6-7-19(16)25-10-8-15(9-11-25)14-4-2-1-3-5-14/h1-7,12-13,15H,8-11H2,(H2,23,24,27,28,29). The second-order valence-corrected chi connectivity index (χ2v) is 7.47. The summed E-state index contributed by atoms with van der Waals surface area (Å²) in [5, 5.41) is 15.3. The number of barbiturate groups is 1. The van der Waals surface area contributed by atoms with Crippen molar-refractivity contribution in [1.29, 1.82) is 0 Å². The van der Waals surface area contributed by atoms with Crippen LogP contribution in [-0.2, 0) is 9.59 Å². The fourth-order valence-electron chi connectivity index (χ4n) is 4.00. The van der Waals surface area contributed by atoms with E-state index in [1.807, 2.05) is 28.8 Å². The molecule has 0 atom stereocenters. The number of hydrogen-bond acceptors (Lipinski definition) is 6. The van der Waals surface area contributed by atoms with E-state index in [0.717, 1.165) is 25.9 Å². The minimum Gasteiger partial charge on any atom is -0.371 e. The number of imide groups is 2. The minimum atomic E-state index is -0.894. The van der Waals surface area contributed by atoms with Gasteiger partial charge in [0.15, 0.2) is 0 Å². The summed E-state index contributed by atoms with van der Waals surface area (Å²) in [6, 6.07) is 13.7. The Morgan fingerprint density at radius 3 is 2.23 bits per heavy atom. The number of carbonyl (C=O) groups excluding carboxylic acids is 3. The molecule has 2 N–H and O–H groups in total. The van der Waals surface area contributed by atoms with E-state index in [0.29, 0.717) is 17.2 Å². The van der Waals surface area contributed by atoms with E-state index >= 15 is 0 Å². The van der Waals surface area contributed by atoms with Gasteiger partial charge in [-0.2, -0.15) is 0 Å². The second-order valence-electron chi connectivity index (χ2n) is 7.47. The fraction of sp³-hybridized carbons (Fsp3) is 0.227. The van der Waals surface area contributed by atoms with Gasteiger partial charge in [0, 0.05) is 36.5 Å². The first-order valence-electron chi connectivity index (χ1n) is 9.89. The Morgan fingerprint density at radius 2 is 1.61 bits per heavy atom. The number of piperidine rings is 1. The molecule has 9 nitrogen and oxygen atoms in total. The Balaban J connectivity index is 1.63. The van der Waals surface area contributed by atoms with Gasteiger partial charge in [-0.05, 0) is 36.5 Å². The molecule has 0 radical (unpaired) electrons. The molecular weight excluding hydrogens is 400 g/mol. The van der Waals surface area contributed by atoms with Gasteiger partial charge in [-0.25, -0.2) is 4.79 Å². The van der Waals surface area contributed by atoms with Crippen molar-refractivity contribution in [2.24, 2.45) is 0 Å². The van der Waals surface area contributed by atoms with Crippen molar-refractivity contribution in [2.75, 3.05) is 18.0 Å². The number of nitrogens with one attached hydrogen (secondary N) is 2. The fourth-order valence-corrected chi connectivity index (χ4v) is 4.00. The topological polar surface area (TPSA) is 122 Å². The molecule has 0 aliphatic carbocycles. The third-order valence-electron chi connectivity index (χ3n) is 5.57. The summed E-state index contributed by atoms with van der Waals surface area (Å²) in [6.07, 6.45) is 3.11. The maximum Gasteiger partial charge on any atom is 0.328 e. The number of anilines is 1. The zero-order valence-electron chi connectivity index (χ0n) is 16.5. The number of non-ortho nitro benzene ring substituents is 1. The molecule has 0 saturated carbocycles. The minimum absolute atomic E-state index is 0.150. The number of rotatable bonds is 4. The molecule has 2 aliphatic heterocycles. The molecular formula is C22H20N4O5. The molecule has 0 aromatic heterocycles. The van der Waals surface area contributed by atoms with Crippen LogP contribution in [0, 0.1) is 10.1 Å². The van der Waals surface area contributed by atoms with E-state index in [1.54, 1.807) is 6.07 Å². The van der Waals surface area contributed by atoms with Gasteiger partial charge in [0.2, 0.25) is 0 Å². The van der Waals surface area contributed by atoms with Crippen molar-refractivity contribution in [3.05, 3.63) is 75.3 Å². The van der Waals surface area contributed by atoms with E-state index < -0.39 is 22.8 Å². The molecule has 2 aromatic rings. The molecule has 2 aromatic carbocycles. The van der Waals surface area contributed by atoms with Crippen LogP contribution in [0.2, 0.25) is 0 Å². The normalized spacial score (nSPS) is 17.2. The zero-order chi connectivity index (χ0) is 22.0. The van der Waals surface area contributed by atoms with Gasteiger partial charge >= 0.3 is 6.03 Å². The highest BCUT2D eigenvalue weighted by atomic mass is 16.6. The van der Waals surface area contributed by atoms with Gasteiger partial charge in [0.1, 0.15) is 5.57 Å². The summed E-state index contributed by atoms with van der Waals surface area (Å²) >= 11 is 0. The van der Waals surface area contributed by atoms with Crippen LogP contribution in [0.3, 0.4) is 0 Å². The molecule has 158 valence electrons. The molecule has 2 aliphatic rings. The summed E-state index contributed by atoms with van der Waals surface area (Å²) in [5.41, 5.74) is 1.93. The molecule has 31 heavy (non-hydrogen) atoms. The lowest BCUT2D eigenvalue weighted by Gasteiger charge is -2.34. The van der Waals surface area contributed by atoms with Gasteiger partial charge in [-0.15, -0.1) is 0 Å². The van der Waals surface area contributed by atoms with Gasteiger partial charge in [0.05, 0.1) is 4.92 Å². The summed E-state index contributed by atoms with van der Waals surface area (Å²) in [5.74, 6) is -1.25. The Kier molecular flexibility index (Phi) is 5.48. The van der Waals surface area contributed by atoms with Crippen LogP contribution < -0.4 is 15.5 Å². The average Bonchev–Trinajstić information content (AvgIpc) is 2.77. The van der Waals surface area contributed by atoms with Crippen LogP contribution in [0.15, 0.2) is 54.1 Å². The van der Waals surface area contributed by atoms with Crippen LogP contribution >= 0.6 is 0 Å². The summed E-state index contributed by atoms with van der Waals surface area (Å²) in [7, 11) is 0. The molecule has 9 heteroatoms. The van der Waals surface area contributed by atoms with E-state index in [-0.39, 0.29) is 11.3 Å². The van der Waals surface area contributed by atoms with Crippen LogP contribution in [0.1, 0.15) is 29.9 Å². The molecule has 0 bridgehead atoms. The lowest BCUT2D eigenvalue weighted by molar-refractivity contribution is -0.384. The van der Waals surface area contributed by atoms with Crippen molar-refractivity contribution in [3.8, 4) is 0 Å². The zero-order valence-corrected chi connectivity index (χ0v) is 16.5. The largest absolute Gasteiger partial charge is 0.371 e. The maximum absolute atomic E-state index is 12.1. The number of hydrogen-bond donors (Lipinski definition) is 2. The Bertz CT molecular complexity index is 1070. The van der Waals surface area contributed by atoms with Gasteiger partial charge in [-0.3, -0.25) is 30.3 Å². The number of nitrogens with zero attached hydrogens (tertiary/aromatic N) is 2. The lowest BCUT2D eigenvalue weighted by Crippen LogP contribution is -2.51. The Morgan fingerprint density at radius 1 is 0.968 bits per heavy atom. The number of benzene rings is 2. The average molecular weight is 420 g/mol. The smallest absolute Gasteiger partial charge is 0.328 e. The van der Waals surface area contributed by atoms with E-state index in [9.17, 15) is 24.5 Å². The molecule has 0 unspecified atom stereocenters. The second kappa shape index (κ2) is 8.39. The third-order valence-corrected chi connectivity index (χ3v) is 5.57. The molecule has 2 heterocycles. The van der Waals surface area contributed by atoms with Crippen molar-refractivity contribution >= 4 is 35.3 Å². The lowest BCUT2D eigenvalue weighted by atomic mass is 9.89. The molecule has 4 rings (SSSR count). The highest BCUT2D eigenvalue weighted by molar-refractivity contribution is 6.31. The number of nitro groups is 1. The first-order valence-corrected chi connectivity index (χ1v) is 9.89. The molecule has 4 amide bonds. The number of nitro benzene ring substituents is 1. The predicted octanol–water partition coefficient (Wildman–Crippen LogP) is 2.73. The van der Waals surface area contributed by atoms with Crippen molar-refractivity contribution in [2.45, 2.75) is 18.8 Å². The molecule has 0 spiro atoms. The van der Waals surface area contributed by atoms with Crippen molar-refractivity contribution < 1.29 is 19.3 Å². The summed E-state index contributed by atoms with van der Waals surface area (Å²) in [4.78, 5) is 48.4. The van der Waals surface area contributed by atoms with Crippen LogP contribution in [0.25, 0.3) is 6.08 Å². The first-order chi connectivity index (χ1) is 14.9. The van der Waals surface area contributed by atoms with Gasteiger partial charge in [-0.1, -0.05) is 30.3 Å². The first kappa shape index (κ1) is 20.3. The van der Waals surface area contributed by atoms with E-state index in [4.69, 9.17) is 0 Å². The number of urea groups is 1. The Labute approximate surface area is 177 Å². The highest BCUT2D eigenvalue weighted by Gasteiger charge is 2.29. The SMILES string of the molecule is O=C1NC(=O)C(=Cc2cc([N+](=O)[O-])ccc2N2CCC(c3ccccc3)CC2)C(=O)N1.